The maximum atomic E-state index is 14.9. The van der Waals surface area contributed by atoms with E-state index in [1.54, 1.807) is 25.6 Å². The smallest absolute Gasteiger partial charge is 0.401 e. The van der Waals surface area contributed by atoms with Crippen LogP contribution in [0.1, 0.15) is 62.7 Å². The number of benzene rings is 1. The van der Waals surface area contributed by atoms with Gasteiger partial charge in [0.25, 0.3) is 0 Å². The van der Waals surface area contributed by atoms with Crippen LogP contribution in [0.5, 0.6) is 5.88 Å². The topological polar surface area (TPSA) is 108 Å². The van der Waals surface area contributed by atoms with Gasteiger partial charge in [0.05, 0.1) is 19.1 Å². The summed E-state index contributed by atoms with van der Waals surface area (Å²) in [7, 11) is 1.56. The summed E-state index contributed by atoms with van der Waals surface area (Å²) in [6, 6.07) is 5.44. The summed E-state index contributed by atoms with van der Waals surface area (Å²) in [6.45, 7) is 6.25. The highest BCUT2D eigenvalue weighted by Gasteiger charge is 2.66. The second-order valence-corrected chi connectivity index (χ2v) is 11.0. The number of alkyl halides is 3. The van der Waals surface area contributed by atoms with Gasteiger partial charge in [-0.05, 0) is 50.3 Å². The zero-order chi connectivity index (χ0) is 30.3. The number of nitrogens with one attached hydrogen (secondary N) is 1. The molecule has 3 heterocycles. The number of halogens is 4. The Hall–Kier alpha value is -4.29. The Morgan fingerprint density at radius 3 is 2.43 bits per heavy atom. The van der Waals surface area contributed by atoms with E-state index in [0.717, 1.165) is 18.1 Å². The van der Waals surface area contributed by atoms with Gasteiger partial charge in [-0.1, -0.05) is 24.2 Å². The molecular weight excluding hydrogens is 556 g/mol. The third kappa shape index (κ3) is 5.72. The van der Waals surface area contributed by atoms with Crippen molar-refractivity contribution in [1.82, 2.24) is 24.9 Å². The minimum Gasteiger partial charge on any atom is -0.480 e. The van der Waals surface area contributed by atoms with Crippen molar-refractivity contribution in [1.29, 1.82) is 0 Å². The number of ether oxygens (including phenoxy) is 1. The van der Waals surface area contributed by atoms with Crippen LogP contribution in [0, 0.1) is 5.82 Å². The van der Waals surface area contributed by atoms with Crippen molar-refractivity contribution in [2.75, 3.05) is 12.4 Å². The average Bonchev–Trinajstić information content (AvgIpc) is 3.48. The molecule has 1 N–H and O–H groups in total. The highest BCUT2D eigenvalue weighted by atomic mass is 19.4. The Labute approximate surface area is 239 Å². The van der Waals surface area contributed by atoms with Crippen molar-refractivity contribution in [3.05, 3.63) is 71.4 Å². The van der Waals surface area contributed by atoms with Crippen LogP contribution in [0.4, 0.5) is 23.4 Å². The van der Waals surface area contributed by atoms with E-state index >= 15 is 0 Å². The second kappa shape index (κ2) is 10.8. The number of hydrogen-bond acceptors (Lipinski definition) is 7. The number of aromatic nitrogens is 5. The number of anilines is 1. The van der Waals surface area contributed by atoms with Gasteiger partial charge in [0.15, 0.2) is 11.6 Å². The Morgan fingerprint density at radius 2 is 1.83 bits per heavy atom. The van der Waals surface area contributed by atoms with Gasteiger partial charge < -0.3 is 14.6 Å². The van der Waals surface area contributed by atoms with Crippen molar-refractivity contribution in [2.24, 2.45) is 0 Å². The number of carbonyl (C=O) groups excluding carboxylic acids is 1. The van der Waals surface area contributed by atoms with Gasteiger partial charge >= 0.3 is 6.18 Å². The normalized spacial score (nSPS) is 14.6. The lowest BCUT2D eigenvalue weighted by molar-refractivity contribution is -0.165. The Morgan fingerprint density at radius 1 is 1.12 bits per heavy atom. The zero-order valence-corrected chi connectivity index (χ0v) is 23.5. The van der Waals surface area contributed by atoms with Crippen LogP contribution in [-0.4, -0.2) is 44.1 Å². The number of nitrogens with zero attached hydrogens (tertiary/aromatic N) is 5. The summed E-state index contributed by atoms with van der Waals surface area (Å²) in [6.07, 6.45) is 1.39. The summed E-state index contributed by atoms with van der Waals surface area (Å²) in [5.41, 5.74) is -0.184. The molecule has 222 valence electrons. The van der Waals surface area contributed by atoms with E-state index in [0.29, 0.717) is 29.3 Å². The molecule has 1 fully saturated rings. The van der Waals surface area contributed by atoms with Gasteiger partial charge in [-0.15, -0.1) is 5.10 Å². The predicted octanol–water partition coefficient (Wildman–Crippen LogP) is 5.99. The monoisotopic (exact) mass is 586 g/mol. The lowest BCUT2D eigenvalue weighted by atomic mass is 10.0. The van der Waals surface area contributed by atoms with E-state index in [1.807, 2.05) is 10.9 Å². The van der Waals surface area contributed by atoms with Crippen molar-refractivity contribution in [3.63, 3.8) is 0 Å². The maximum absolute atomic E-state index is 14.9. The summed E-state index contributed by atoms with van der Waals surface area (Å²) in [5.74, 6) is -0.728. The number of hydrogen-bond donors (Lipinski definition) is 1. The maximum Gasteiger partial charge on any atom is 0.401 e. The Balaban J connectivity index is 1.22. The molecule has 0 bridgehead atoms. The lowest BCUT2D eigenvalue weighted by Crippen LogP contribution is -2.28. The molecule has 1 saturated carbocycles. The molecule has 0 atom stereocenters. The van der Waals surface area contributed by atoms with Crippen LogP contribution in [0.15, 0.2) is 47.4 Å². The third-order valence-corrected chi connectivity index (χ3v) is 7.76. The third-order valence-electron chi connectivity index (χ3n) is 7.76. The van der Waals surface area contributed by atoms with Crippen LogP contribution >= 0.6 is 0 Å². The van der Waals surface area contributed by atoms with Crippen molar-refractivity contribution < 1.29 is 31.6 Å². The van der Waals surface area contributed by atoms with E-state index in [9.17, 15) is 22.4 Å². The number of methoxy groups -OCH3 is 1. The first-order chi connectivity index (χ1) is 19.8. The molecule has 42 heavy (non-hydrogen) atoms. The number of carbonyl (C=O) groups is 1. The molecule has 5 rings (SSSR count). The second-order valence-electron chi connectivity index (χ2n) is 11.0. The number of amides is 1. The molecule has 3 aromatic heterocycles. The first-order valence-electron chi connectivity index (χ1n) is 13.4. The highest BCUT2D eigenvalue weighted by Crippen LogP contribution is 2.59. The van der Waals surface area contributed by atoms with Gasteiger partial charge in [-0.25, -0.2) is 14.4 Å². The van der Waals surface area contributed by atoms with E-state index in [4.69, 9.17) is 9.26 Å². The summed E-state index contributed by atoms with van der Waals surface area (Å²) in [5, 5.41) is 10.4. The standard InChI is InChI=1S/C29H30F4N6O3/c1-5-27(2,3)39-16-19(26(37-39)41-4)11-23-34-14-20(15-35-23)17-6-7-18(21(30)10-17)12-25(40)36-24-13-22(42-38-24)28(8-9-28)29(31,32)33/h6-7,10,13-16H,5,8-9,11-12H2,1-4H3,(H,36,38,40). The molecule has 1 aliphatic carbocycles. The predicted molar refractivity (Wildman–Crippen MR) is 144 cm³/mol. The minimum atomic E-state index is -4.46. The summed E-state index contributed by atoms with van der Waals surface area (Å²) >= 11 is 0. The van der Waals surface area contributed by atoms with Crippen LogP contribution in [-0.2, 0) is 28.6 Å². The van der Waals surface area contributed by atoms with E-state index in [1.165, 1.54) is 12.1 Å². The van der Waals surface area contributed by atoms with Crippen LogP contribution in [0.25, 0.3) is 11.1 Å². The fourth-order valence-electron chi connectivity index (χ4n) is 4.51. The van der Waals surface area contributed by atoms with Gasteiger partial charge in [0.1, 0.15) is 17.1 Å². The van der Waals surface area contributed by atoms with Crippen LogP contribution < -0.4 is 10.1 Å². The van der Waals surface area contributed by atoms with Crippen LogP contribution in [0.3, 0.4) is 0 Å². The fourth-order valence-corrected chi connectivity index (χ4v) is 4.51. The van der Waals surface area contributed by atoms with Gasteiger partial charge in [-0.3, -0.25) is 9.48 Å². The van der Waals surface area contributed by atoms with Crippen molar-refractivity contribution in [2.45, 2.75) is 70.0 Å². The quantitative estimate of drug-likeness (QED) is 0.228. The van der Waals surface area contributed by atoms with Gasteiger partial charge in [0, 0.05) is 42.2 Å². The molecule has 13 heteroatoms. The zero-order valence-electron chi connectivity index (χ0n) is 23.5. The Bertz CT molecular complexity index is 1590. The Kier molecular flexibility index (Phi) is 7.54. The van der Waals surface area contributed by atoms with Crippen molar-refractivity contribution >= 4 is 11.7 Å². The average molecular weight is 587 g/mol. The van der Waals surface area contributed by atoms with Crippen LogP contribution in [0.2, 0.25) is 0 Å². The molecule has 0 aliphatic heterocycles. The molecular formula is C29H30F4N6O3. The molecule has 4 aromatic rings. The molecule has 1 aliphatic rings. The lowest BCUT2D eigenvalue weighted by Gasteiger charge is -2.23. The highest BCUT2D eigenvalue weighted by molar-refractivity contribution is 5.91. The van der Waals surface area contributed by atoms with E-state index in [2.05, 4.69) is 46.3 Å². The first kappa shape index (κ1) is 29.2. The molecule has 1 amide bonds. The summed E-state index contributed by atoms with van der Waals surface area (Å²) < 4.78 is 66.9. The largest absolute Gasteiger partial charge is 0.480 e. The van der Waals surface area contributed by atoms with Gasteiger partial charge in [0.2, 0.25) is 11.8 Å². The SMILES string of the molecule is CCC(C)(C)n1cc(Cc2ncc(-c3ccc(CC(=O)Nc4cc(C5(C(F)(F)F)CC5)on4)c(F)c3)cn2)c(OC)n1. The summed E-state index contributed by atoms with van der Waals surface area (Å²) in [4.78, 5) is 21.3. The minimum absolute atomic E-state index is 0.0949. The van der Waals surface area contributed by atoms with Crippen molar-refractivity contribution in [3.8, 4) is 17.0 Å². The molecule has 0 unspecified atom stereocenters. The molecule has 0 radical (unpaired) electrons. The fraction of sp³-hybridized carbons (Fsp3) is 0.414. The molecule has 0 saturated heterocycles. The van der Waals surface area contributed by atoms with E-state index < -0.39 is 23.3 Å². The van der Waals surface area contributed by atoms with E-state index in [-0.39, 0.29) is 41.9 Å². The number of rotatable bonds is 10. The molecule has 1 aromatic carbocycles. The first-order valence-corrected chi connectivity index (χ1v) is 13.4. The van der Waals surface area contributed by atoms with Gasteiger partial charge in [-0.2, -0.15) is 13.2 Å². The molecule has 9 nitrogen and oxygen atoms in total. The molecule has 0 spiro atoms.